The van der Waals surface area contributed by atoms with Gasteiger partial charge in [-0.2, -0.15) is 0 Å². The second-order valence-corrected chi connectivity index (χ2v) is 3.08. The molecule has 1 aromatic carbocycles. The van der Waals surface area contributed by atoms with E-state index in [0.29, 0.717) is 5.04 Å². The summed E-state index contributed by atoms with van der Waals surface area (Å²) in [6, 6.07) is 7.50. The van der Waals surface area contributed by atoms with Crippen molar-refractivity contribution in [3.63, 3.8) is 0 Å². The Morgan fingerprint density at radius 2 is 1.92 bits per heavy atom. The van der Waals surface area contributed by atoms with Gasteiger partial charge in [-0.1, -0.05) is 0 Å². The highest BCUT2D eigenvalue weighted by molar-refractivity contribution is 8.13. The first-order chi connectivity index (χ1) is 5.77. The predicted molar refractivity (Wildman–Crippen MR) is 53.3 cm³/mol. The Bertz CT molecular complexity index is 268. The highest BCUT2D eigenvalue weighted by Crippen LogP contribution is 2.14. The summed E-state index contributed by atoms with van der Waals surface area (Å²) in [5.41, 5.74) is 0.934. The monoisotopic (exact) mass is 181 g/mol. The maximum atomic E-state index is 7.53. The highest BCUT2D eigenvalue weighted by atomic mass is 32.2. The molecule has 0 heterocycles. The molecule has 0 radical (unpaired) electrons. The van der Waals surface area contributed by atoms with Crippen molar-refractivity contribution in [1.82, 2.24) is 0 Å². The lowest BCUT2D eigenvalue weighted by atomic mass is 10.2. The van der Waals surface area contributed by atoms with Gasteiger partial charge in [-0.05, 0) is 30.5 Å². The molecule has 2 nitrogen and oxygen atoms in total. The van der Waals surface area contributed by atoms with Crippen LogP contribution in [0.5, 0.6) is 5.75 Å². The third kappa shape index (κ3) is 2.01. The molecule has 0 aliphatic carbocycles. The van der Waals surface area contributed by atoms with E-state index in [0.717, 1.165) is 11.3 Å². The van der Waals surface area contributed by atoms with Crippen LogP contribution in [0.25, 0.3) is 0 Å². The van der Waals surface area contributed by atoms with Crippen LogP contribution in [-0.4, -0.2) is 18.4 Å². The van der Waals surface area contributed by atoms with Gasteiger partial charge in [0.05, 0.1) is 12.2 Å². The summed E-state index contributed by atoms with van der Waals surface area (Å²) in [5, 5.41) is 8.11. The lowest BCUT2D eigenvalue weighted by molar-refractivity contribution is 0.415. The van der Waals surface area contributed by atoms with Crippen molar-refractivity contribution in [2.45, 2.75) is 0 Å². The van der Waals surface area contributed by atoms with E-state index in [1.54, 1.807) is 7.11 Å². The highest BCUT2D eigenvalue weighted by Gasteiger charge is 1.98. The maximum absolute atomic E-state index is 7.53. The summed E-state index contributed by atoms with van der Waals surface area (Å²) < 4.78 is 5.01. The van der Waals surface area contributed by atoms with Gasteiger partial charge < -0.3 is 4.74 Å². The summed E-state index contributed by atoms with van der Waals surface area (Å²) in [4.78, 5) is 0. The van der Waals surface area contributed by atoms with Gasteiger partial charge in [0, 0.05) is 5.56 Å². The number of ether oxygens (including phenoxy) is 1. The Hall–Kier alpha value is -0.960. The summed E-state index contributed by atoms with van der Waals surface area (Å²) >= 11 is 1.43. The first-order valence-corrected chi connectivity index (χ1v) is 4.77. The summed E-state index contributed by atoms with van der Waals surface area (Å²) in [7, 11) is 1.63. The van der Waals surface area contributed by atoms with Crippen molar-refractivity contribution in [3.05, 3.63) is 29.8 Å². The fourth-order valence-electron chi connectivity index (χ4n) is 0.860. The lowest BCUT2D eigenvalue weighted by Gasteiger charge is -2.01. The standard InChI is InChI=1S/C9H11NOS/c1-11-8-5-3-7(4-6-8)9(10)12-2/h3-6,10H,1-2H3. The minimum Gasteiger partial charge on any atom is -0.497 e. The van der Waals surface area contributed by atoms with Crippen LogP contribution in [0.15, 0.2) is 24.3 Å². The van der Waals surface area contributed by atoms with E-state index in [-0.39, 0.29) is 0 Å². The van der Waals surface area contributed by atoms with Gasteiger partial charge in [0.2, 0.25) is 0 Å². The lowest BCUT2D eigenvalue weighted by Crippen LogP contribution is -1.91. The average Bonchev–Trinajstić information content (AvgIpc) is 2.17. The molecule has 3 heteroatoms. The molecule has 12 heavy (non-hydrogen) atoms. The van der Waals surface area contributed by atoms with E-state index in [1.807, 2.05) is 30.5 Å². The normalized spacial score (nSPS) is 9.50. The van der Waals surface area contributed by atoms with Crippen LogP contribution in [0.2, 0.25) is 0 Å². The number of hydrogen-bond acceptors (Lipinski definition) is 3. The number of methoxy groups -OCH3 is 1. The Morgan fingerprint density at radius 1 is 1.33 bits per heavy atom. The number of nitrogens with one attached hydrogen (secondary N) is 1. The molecule has 1 rings (SSSR count). The molecular formula is C9H11NOS. The molecule has 0 aliphatic heterocycles. The van der Waals surface area contributed by atoms with Gasteiger partial charge in [0.1, 0.15) is 5.75 Å². The number of rotatable bonds is 2. The Labute approximate surface area is 76.4 Å². The van der Waals surface area contributed by atoms with Crippen LogP contribution in [-0.2, 0) is 0 Å². The van der Waals surface area contributed by atoms with Crippen LogP contribution in [0.3, 0.4) is 0 Å². The van der Waals surface area contributed by atoms with Crippen LogP contribution in [0, 0.1) is 5.41 Å². The fourth-order valence-corrected chi connectivity index (χ4v) is 1.23. The Balaban J connectivity index is 2.84. The molecule has 0 saturated carbocycles. The second kappa shape index (κ2) is 4.16. The molecule has 64 valence electrons. The molecule has 1 aromatic rings. The van der Waals surface area contributed by atoms with Crippen LogP contribution < -0.4 is 4.74 Å². The van der Waals surface area contributed by atoms with Gasteiger partial charge in [0.15, 0.2) is 0 Å². The van der Waals surface area contributed by atoms with Crippen molar-refractivity contribution in [3.8, 4) is 5.75 Å². The molecule has 0 atom stereocenters. The van der Waals surface area contributed by atoms with Gasteiger partial charge in [-0.3, -0.25) is 5.41 Å². The number of benzene rings is 1. The molecule has 0 amide bonds. The number of thioether (sulfide) groups is 1. The summed E-state index contributed by atoms with van der Waals surface area (Å²) in [6.07, 6.45) is 1.90. The van der Waals surface area contributed by atoms with E-state index in [4.69, 9.17) is 10.1 Å². The topological polar surface area (TPSA) is 33.1 Å². The van der Waals surface area contributed by atoms with Crippen molar-refractivity contribution < 1.29 is 4.74 Å². The zero-order chi connectivity index (χ0) is 8.97. The van der Waals surface area contributed by atoms with E-state index in [2.05, 4.69) is 0 Å². The Kier molecular flexibility index (Phi) is 3.17. The van der Waals surface area contributed by atoms with Crippen molar-refractivity contribution in [2.75, 3.05) is 13.4 Å². The maximum Gasteiger partial charge on any atom is 0.118 e. The predicted octanol–water partition coefficient (Wildman–Crippen LogP) is 2.38. The first-order valence-electron chi connectivity index (χ1n) is 3.55. The Morgan fingerprint density at radius 3 is 2.33 bits per heavy atom. The summed E-state index contributed by atoms with van der Waals surface area (Å²) in [5.74, 6) is 0.827. The molecule has 0 aliphatic rings. The largest absolute Gasteiger partial charge is 0.497 e. The van der Waals surface area contributed by atoms with Crippen LogP contribution in [0.4, 0.5) is 0 Å². The zero-order valence-electron chi connectivity index (χ0n) is 7.13. The molecule has 0 saturated heterocycles. The fraction of sp³-hybridized carbons (Fsp3) is 0.222. The number of hydrogen-bond donors (Lipinski definition) is 1. The molecular weight excluding hydrogens is 170 g/mol. The molecule has 0 unspecified atom stereocenters. The SMILES string of the molecule is COc1ccc(C(=N)SC)cc1. The third-order valence-corrected chi connectivity index (χ3v) is 2.20. The molecule has 0 spiro atoms. The minimum atomic E-state index is 0.581. The van der Waals surface area contributed by atoms with Gasteiger partial charge in [-0.15, -0.1) is 11.8 Å². The van der Waals surface area contributed by atoms with E-state index < -0.39 is 0 Å². The van der Waals surface area contributed by atoms with E-state index >= 15 is 0 Å². The van der Waals surface area contributed by atoms with Gasteiger partial charge >= 0.3 is 0 Å². The smallest absolute Gasteiger partial charge is 0.118 e. The first kappa shape index (κ1) is 9.13. The summed E-state index contributed by atoms with van der Waals surface area (Å²) in [6.45, 7) is 0. The average molecular weight is 181 g/mol. The van der Waals surface area contributed by atoms with Crippen molar-refractivity contribution in [2.24, 2.45) is 0 Å². The third-order valence-electron chi connectivity index (χ3n) is 1.56. The van der Waals surface area contributed by atoms with Crippen molar-refractivity contribution >= 4 is 16.8 Å². The van der Waals surface area contributed by atoms with Crippen molar-refractivity contribution in [1.29, 1.82) is 5.41 Å². The molecule has 0 bridgehead atoms. The minimum absolute atomic E-state index is 0.581. The zero-order valence-corrected chi connectivity index (χ0v) is 7.94. The van der Waals surface area contributed by atoms with Gasteiger partial charge in [0.25, 0.3) is 0 Å². The quantitative estimate of drug-likeness (QED) is 0.561. The molecule has 0 fully saturated rings. The molecule has 1 N–H and O–H groups in total. The van der Waals surface area contributed by atoms with Crippen LogP contribution in [0.1, 0.15) is 5.56 Å². The molecule has 0 aromatic heterocycles. The van der Waals surface area contributed by atoms with E-state index in [9.17, 15) is 0 Å². The van der Waals surface area contributed by atoms with Gasteiger partial charge in [-0.25, -0.2) is 0 Å². The van der Waals surface area contributed by atoms with Crippen LogP contribution >= 0.6 is 11.8 Å². The second-order valence-electron chi connectivity index (χ2n) is 2.26. The van der Waals surface area contributed by atoms with E-state index in [1.165, 1.54) is 11.8 Å².